The van der Waals surface area contributed by atoms with Crippen LogP contribution in [0.5, 0.6) is 0 Å². The summed E-state index contributed by atoms with van der Waals surface area (Å²) in [5.41, 5.74) is 1.36. The van der Waals surface area contributed by atoms with Gasteiger partial charge in [-0.3, -0.25) is 14.6 Å². The maximum atomic E-state index is 12.0. The van der Waals surface area contributed by atoms with Gasteiger partial charge in [0.05, 0.1) is 12.2 Å². The van der Waals surface area contributed by atoms with E-state index in [4.69, 9.17) is 5.11 Å². The van der Waals surface area contributed by atoms with Crippen LogP contribution < -0.4 is 10.6 Å². The van der Waals surface area contributed by atoms with Crippen molar-refractivity contribution < 1.29 is 14.7 Å². The zero-order valence-corrected chi connectivity index (χ0v) is 11.2. The van der Waals surface area contributed by atoms with E-state index in [9.17, 15) is 9.59 Å². The number of pyridine rings is 1. The summed E-state index contributed by atoms with van der Waals surface area (Å²) < 4.78 is 0. The number of nitrogens with zero attached hydrogens (tertiary/aromatic N) is 1. The molecule has 0 unspecified atom stereocenters. The predicted octanol–water partition coefficient (Wildman–Crippen LogP) is 1.06. The largest absolute Gasteiger partial charge is 0.395 e. The highest BCUT2D eigenvalue weighted by atomic mass is 16.3. The Bertz CT molecular complexity index is 629. The minimum Gasteiger partial charge on any atom is -0.395 e. The summed E-state index contributed by atoms with van der Waals surface area (Å²) in [5, 5.41) is 13.9. The lowest BCUT2D eigenvalue weighted by Crippen LogP contribution is -2.26. The highest BCUT2D eigenvalue weighted by molar-refractivity contribution is 6.04. The standard InChI is InChI=1S/C15H15N3O3/c19-8-7-17-14(20)11-3-1-5-13(9-11)18-15(21)12-4-2-6-16-10-12/h1-6,9-10,19H,7-8H2,(H,17,20)(H,18,21). The highest BCUT2D eigenvalue weighted by Crippen LogP contribution is 2.12. The van der Waals surface area contributed by atoms with Crippen LogP contribution in [0, 0.1) is 0 Å². The molecule has 0 aliphatic carbocycles. The van der Waals surface area contributed by atoms with E-state index in [1.807, 2.05) is 0 Å². The predicted molar refractivity (Wildman–Crippen MR) is 78.1 cm³/mol. The zero-order valence-electron chi connectivity index (χ0n) is 11.2. The van der Waals surface area contributed by atoms with Crippen molar-refractivity contribution in [2.24, 2.45) is 0 Å². The summed E-state index contributed by atoms with van der Waals surface area (Å²) in [6.07, 6.45) is 3.05. The average Bonchev–Trinajstić information content (AvgIpc) is 2.53. The summed E-state index contributed by atoms with van der Waals surface area (Å²) in [4.78, 5) is 27.6. The Balaban J connectivity index is 2.07. The van der Waals surface area contributed by atoms with E-state index in [1.165, 1.54) is 6.20 Å². The molecule has 3 N–H and O–H groups in total. The minimum absolute atomic E-state index is 0.122. The van der Waals surface area contributed by atoms with Crippen molar-refractivity contribution in [1.29, 1.82) is 0 Å². The van der Waals surface area contributed by atoms with E-state index in [-0.39, 0.29) is 25.0 Å². The first-order valence-electron chi connectivity index (χ1n) is 6.41. The summed E-state index contributed by atoms with van der Waals surface area (Å²) in [6.45, 7) is 0.0638. The van der Waals surface area contributed by atoms with E-state index >= 15 is 0 Å². The number of hydrogen-bond acceptors (Lipinski definition) is 4. The number of carbonyl (C=O) groups excluding carboxylic acids is 2. The number of aromatic nitrogens is 1. The summed E-state index contributed by atoms with van der Waals surface area (Å²) >= 11 is 0. The number of aliphatic hydroxyl groups excluding tert-OH is 1. The quantitative estimate of drug-likeness (QED) is 0.766. The number of carbonyl (C=O) groups is 2. The Labute approximate surface area is 121 Å². The van der Waals surface area contributed by atoms with Gasteiger partial charge in [-0.15, -0.1) is 0 Å². The smallest absolute Gasteiger partial charge is 0.257 e. The number of benzene rings is 1. The molecule has 2 rings (SSSR count). The first kappa shape index (κ1) is 14.7. The molecular weight excluding hydrogens is 270 g/mol. The maximum Gasteiger partial charge on any atom is 0.257 e. The van der Waals surface area contributed by atoms with Crippen molar-refractivity contribution in [2.45, 2.75) is 0 Å². The highest BCUT2D eigenvalue weighted by Gasteiger charge is 2.08. The molecule has 0 bridgehead atoms. The van der Waals surface area contributed by atoms with Crippen LogP contribution in [0.2, 0.25) is 0 Å². The Morgan fingerprint density at radius 1 is 1.10 bits per heavy atom. The Kier molecular flexibility index (Phi) is 5.00. The van der Waals surface area contributed by atoms with Crippen LogP contribution in [0.4, 0.5) is 5.69 Å². The van der Waals surface area contributed by atoms with Crippen LogP contribution in [0.25, 0.3) is 0 Å². The molecule has 1 aromatic heterocycles. The molecule has 6 heteroatoms. The van der Waals surface area contributed by atoms with Gasteiger partial charge in [0.15, 0.2) is 0 Å². The van der Waals surface area contributed by atoms with Gasteiger partial charge in [0.1, 0.15) is 0 Å². The van der Waals surface area contributed by atoms with E-state index < -0.39 is 0 Å². The molecule has 0 saturated carbocycles. The van der Waals surface area contributed by atoms with Gasteiger partial charge in [0, 0.05) is 30.2 Å². The third kappa shape index (κ3) is 4.12. The number of amides is 2. The molecule has 108 valence electrons. The normalized spacial score (nSPS) is 9.95. The van der Waals surface area contributed by atoms with Crippen molar-refractivity contribution >= 4 is 17.5 Å². The SMILES string of the molecule is O=C(NCCO)c1cccc(NC(=O)c2cccnc2)c1. The molecule has 1 heterocycles. The first-order chi connectivity index (χ1) is 10.2. The fourth-order valence-electron chi connectivity index (χ4n) is 1.71. The molecule has 1 aromatic carbocycles. The van der Waals surface area contributed by atoms with E-state index in [2.05, 4.69) is 15.6 Å². The van der Waals surface area contributed by atoms with Crippen LogP contribution >= 0.6 is 0 Å². The molecule has 6 nitrogen and oxygen atoms in total. The average molecular weight is 285 g/mol. The monoisotopic (exact) mass is 285 g/mol. The van der Waals surface area contributed by atoms with Gasteiger partial charge >= 0.3 is 0 Å². The molecule has 0 aliphatic rings. The Morgan fingerprint density at radius 3 is 2.62 bits per heavy atom. The van der Waals surface area contributed by atoms with E-state index in [1.54, 1.807) is 42.6 Å². The van der Waals surface area contributed by atoms with Gasteiger partial charge in [-0.2, -0.15) is 0 Å². The lowest BCUT2D eigenvalue weighted by Gasteiger charge is -2.07. The minimum atomic E-state index is -0.304. The lowest BCUT2D eigenvalue weighted by molar-refractivity contribution is 0.0943. The Morgan fingerprint density at radius 2 is 1.90 bits per heavy atom. The van der Waals surface area contributed by atoms with Gasteiger partial charge in [-0.1, -0.05) is 6.07 Å². The second kappa shape index (κ2) is 7.16. The van der Waals surface area contributed by atoms with Crippen molar-refractivity contribution in [1.82, 2.24) is 10.3 Å². The number of hydrogen-bond donors (Lipinski definition) is 3. The number of anilines is 1. The van der Waals surface area contributed by atoms with Crippen LogP contribution in [0.1, 0.15) is 20.7 Å². The molecule has 0 radical (unpaired) electrons. The van der Waals surface area contributed by atoms with Crippen LogP contribution in [-0.2, 0) is 0 Å². The number of rotatable bonds is 5. The zero-order chi connectivity index (χ0) is 15.1. The maximum absolute atomic E-state index is 12.0. The van der Waals surface area contributed by atoms with Crippen molar-refractivity contribution in [3.8, 4) is 0 Å². The second-order valence-electron chi connectivity index (χ2n) is 4.26. The summed E-state index contributed by atoms with van der Waals surface area (Å²) in [6, 6.07) is 9.89. The van der Waals surface area contributed by atoms with Crippen LogP contribution in [-0.4, -0.2) is 35.1 Å². The molecule has 21 heavy (non-hydrogen) atoms. The van der Waals surface area contributed by atoms with Gasteiger partial charge < -0.3 is 15.7 Å². The second-order valence-corrected chi connectivity index (χ2v) is 4.26. The molecular formula is C15H15N3O3. The van der Waals surface area contributed by atoms with Crippen LogP contribution in [0.3, 0.4) is 0 Å². The molecule has 0 saturated heterocycles. The topological polar surface area (TPSA) is 91.3 Å². The van der Waals surface area contributed by atoms with E-state index in [0.717, 1.165) is 0 Å². The van der Waals surface area contributed by atoms with Gasteiger partial charge in [0.2, 0.25) is 0 Å². The van der Waals surface area contributed by atoms with E-state index in [0.29, 0.717) is 16.8 Å². The van der Waals surface area contributed by atoms with Crippen molar-refractivity contribution in [3.05, 3.63) is 59.9 Å². The van der Waals surface area contributed by atoms with Gasteiger partial charge in [0.25, 0.3) is 11.8 Å². The van der Waals surface area contributed by atoms with Gasteiger partial charge in [-0.25, -0.2) is 0 Å². The number of aliphatic hydroxyl groups is 1. The molecule has 2 aromatic rings. The molecule has 2 amide bonds. The van der Waals surface area contributed by atoms with Crippen molar-refractivity contribution in [3.63, 3.8) is 0 Å². The molecule has 0 aliphatic heterocycles. The Hall–Kier alpha value is -2.73. The van der Waals surface area contributed by atoms with Crippen molar-refractivity contribution in [2.75, 3.05) is 18.5 Å². The molecule has 0 atom stereocenters. The van der Waals surface area contributed by atoms with Crippen LogP contribution in [0.15, 0.2) is 48.8 Å². The molecule has 0 fully saturated rings. The first-order valence-corrected chi connectivity index (χ1v) is 6.41. The fourth-order valence-corrected chi connectivity index (χ4v) is 1.71. The summed E-state index contributed by atoms with van der Waals surface area (Å²) in [5.74, 6) is -0.599. The number of nitrogens with one attached hydrogen (secondary N) is 2. The third-order valence-electron chi connectivity index (χ3n) is 2.70. The fraction of sp³-hybridized carbons (Fsp3) is 0.133. The third-order valence-corrected chi connectivity index (χ3v) is 2.70. The molecule has 0 spiro atoms. The summed E-state index contributed by atoms with van der Waals surface area (Å²) in [7, 11) is 0. The van der Waals surface area contributed by atoms with Gasteiger partial charge in [-0.05, 0) is 30.3 Å². The lowest BCUT2D eigenvalue weighted by atomic mass is 10.1.